The minimum atomic E-state index is -0.180. The summed E-state index contributed by atoms with van der Waals surface area (Å²) in [5.41, 5.74) is 3.74. The Labute approximate surface area is 143 Å². The summed E-state index contributed by atoms with van der Waals surface area (Å²) in [5, 5.41) is 15.4. The maximum Gasteiger partial charge on any atom is 0.237 e. The van der Waals surface area contributed by atoms with Gasteiger partial charge in [-0.25, -0.2) is 0 Å². The molecule has 0 aliphatic carbocycles. The molecule has 0 spiro atoms. The molecule has 24 heavy (non-hydrogen) atoms. The predicted octanol–water partition coefficient (Wildman–Crippen LogP) is 3.48. The van der Waals surface area contributed by atoms with Crippen molar-refractivity contribution in [3.8, 4) is 11.3 Å². The van der Waals surface area contributed by atoms with Gasteiger partial charge in [0.2, 0.25) is 11.8 Å². The highest BCUT2D eigenvalue weighted by atomic mass is 32.2. The van der Waals surface area contributed by atoms with Gasteiger partial charge in [-0.2, -0.15) is 0 Å². The van der Waals surface area contributed by atoms with Crippen molar-refractivity contribution < 1.29 is 9.32 Å². The highest BCUT2D eigenvalue weighted by Gasteiger charge is 2.08. The van der Waals surface area contributed by atoms with Crippen LogP contribution in [0.15, 0.2) is 52.0 Å². The quantitative estimate of drug-likeness (QED) is 0.716. The molecule has 1 N–H and O–H groups in total. The Morgan fingerprint density at radius 3 is 2.54 bits per heavy atom. The van der Waals surface area contributed by atoms with E-state index in [0.717, 1.165) is 17.0 Å². The second-order valence-corrected chi connectivity index (χ2v) is 6.29. The number of carbonyl (C=O) groups is 1. The summed E-state index contributed by atoms with van der Waals surface area (Å²) in [6, 6.07) is 13.5. The lowest BCUT2D eigenvalue weighted by molar-refractivity contribution is -0.113. The lowest BCUT2D eigenvalue weighted by Gasteiger charge is -2.03. The molecule has 3 rings (SSSR count). The van der Waals surface area contributed by atoms with Crippen molar-refractivity contribution in [1.82, 2.24) is 15.4 Å². The van der Waals surface area contributed by atoms with Gasteiger partial charge < -0.3 is 4.52 Å². The van der Waals surface area contributed by atoms with Gasteiger partial charge in [0, 0.05) is 11.6 Å². The van der Waals surface area contributed by atoms with Crippen molar-refractivity contribution in [2.24, 2.45) is 0 Å². The number of carbonyl (C=O) groups excluding carboxylic acids is 1. The average Bonchev–Trinajstić information content (AvgIpc) is 2.99. The largest absolute Gasteiger partial charge is 0.338 e. The summed E-state index contributed by atoms with van der Waals surface area (Å²) >= 11 is 1.31. The van der Waals surface area contributed by atoms with Gasteiger partial charge in [0.15, 0.2) is 0 Å². The highest BCUT2D eigenvalue weighted by molar-refractivity contribution is 7.99. The number of hydrogen-bond acceptors (Lipinski definition) is 6. The van der Waals surface area contributed by atoms with Crippen LogP contribution < -0.4 is 5.32 Å². The van der Waals surface area contributed by atoms with E-state index in [0.29, 0.717) is 10.9 Å². The number of thioether (sulfide) groups is 1. The van der Waals surface area contributed by atoms with Gasteiger partial charge in [-0.1, -0.05) is 46.7 Å². The molecular formula is C17H16N4O2S. The Morgan fingerprint density at radius 1 is 1.12 bits per heavy atom. The molecule has 6 nitrogen and oxygen atoms in total. The van der Waals surface area contributed by atoms with Crippen molar-refractivity contribution in [2.45, 2.75) is 18.9 Å². The van der Waals surface area contributed by atoms with Crippen LogP contribution in [0.2, 0.25) is 0 Å². The number of nitrogens with zero attached hydrogens (tertiary/aromatic N) is 3. The fraction of sp³-hybridized carbons (Fsp3) is 0.176. The second kappa shape index (κ2) is 7.27. The molecule has 0 radical (unpaired) electrons. The first-order valence-corrected chi connectivity index (χ1v) is 8.35. The molecule has 122 valence electrons. The van der Waals surface area contributed by atoms with Crippen LogP contribution in [0.3, 0.4) is 0 Å². The van der Waals surface area contributed by atoms with Crippen LogP contribution in [-0.2, 0) is 4.79 Å². The molecule has 0 saturated carbocycles. The van der Waals surface area contributed by atoms with Gasteiger partial charge in [-0.15, -0.1) is 10.2 Å². The number of benzene rings is 1. The lowest BCUT2D eigenvalue weighted by Crippen LogP contribution is -2.13. The third-order valence-electron chi connectivity index (χ3n) is 3.23. The highest BCUT2D eigenvalue weighted by Crippen LogP contribution is 2.20. The molecule has 0 fully saturated rings. The zero-order valence-electron chi connectivity index (χ0n) is 13.3. The van der Waals surface area contributed by atoms with E-state index in [9.17, 15) is 4.79 Å². The summed E-state index contributed by atoms with van der Waals surface area (Å²) in [6.45, 7) is 3.83. The van der Waals surface area contributed by atoms with Crippen LogP contribution in [0.25, 0.3) is 11.3 Å². The number of aromatic nitrogens is 3. The third-order valence-corrected chi connectivity index (χ3v) is 4.15. The van der Waals surface area contributed by atoms with Crippen LogP contribution in [0, 0.1) is 13.8 Å². The minimum Gasteiger partial charge on any atom is -0.338 e. The first-order valence-electron chi connectivity index (χ1n) is 7.37. The minimum absolute atomic E-state index is 0.180. The maximum absolute atomic E-state index is 11.8. The van der Waals surface area contributed by atoms with Gasteiger partial charge in [-0.3, -0.25) is 10.1 Å². The molecule has 1 amide bonds. The van der Waals surface area contributed by atoms with E-state index in [4.69, 9.17) is 4.52 Å². The molecule has 0 bridgehead atoms. The first-order chi connectivity index (χ1) is 11.6. The van der Waals surface area contributed by atoms with Crippen molar-refractivity contribution in [3.63, 3.8) is 0 Å². The summed E-state index contributed by atoms with van der Waals surface area (Å²) in [4.78, 5) is 11.8. The number of rotatable bonds is 5. The maximum atomic E-state index is 11.8. The average molecular weight is 340 g/mol. The van der Waals surface area contributed by atoms with Crippen molar-refractivity contribution >= 4 is 23.6 Å². The van der Waals surface area contributed by atoms with E-state index in [1.807, 2.05) is 43.3 Å². The van der Waals surface area contributed by atoms with E-state index in [1.165, 1.54) is 17.3 Å². The van der Waals surface area contributed by atoms with E-state index in [1.54, 1.807) is 13.0 Å². The molecule has 2 heterocycles. The third kappa shape index (κ3) is 4.20. The summed E-state index contributed by atoms with van der Waals surface area (Å²) in [7, 11) is 0. The Morgan fingerprint density at radius 2 is 1.92 bits per heavy atom. The first kappa shape index (κ1) is 16.2. The van der Waals surface area contributed by atoms with E-state index >= 15 is 0 Å². The number of nitrogens with one attached hydrogen (secondary N) is 1. The summed E-state index contributed by atoms with van der Waals surface area (Å²) in [6.07, 6.45) is 0. The lowest BCUT2D eigenvalue weighted by atomic mass is 10.1. The molecule has 0 saturated heterocycles. The zero-order chi connectivity index (χ0) is 16.9. The van der Waals surface area contributed by atoms with Gasteiger partial charge in [0.05, 0.1) is 17.1 Å². The number of aryl methyl sites for hydroxylation is 2. The topological polar surface area (TPSA) is 80.9 Å². The standard InChI is InChI=1S/C17H16N4O2S/c1-11-3-5-13(6-4-11)14-7-8-17(20-19-14)24-10-15(22)18-16-9-12(2)21-23-16/h3-9H,10H2,1-2H3,(H,18,22). The number of hydrogen-bond donors (Lipinski definition) is 1. The Balaban J connectivity index is 1.56. The zero-order valence-corrected chi connectivity index (χ0v) is 14.1. The van der Waals surface area contributed by atoms with Gasteiger partial charge >= 0.3 is 0 Å². The SMILES string of the molecule is Cc1ccc(-c2ccc(SCC(=O)Nc3cc(C)no3)nn2)cc1. The van der Waals surface area contributed by atoms with E-state index < -0.39 is 0 Å². The normalized spacial score (nSPS) is 10.6. The molecule has 0 aliphatic rings. The monoisotopic (exact) mass is 340 g/mol. The molecule has 0 aliphatic heterocycles. The fourth-order valence-electron chi connectivity index (χ4n) is 2.01. The predicted molar refractivity (Wildman–Crippen MR) is 92.8 cm³/mol. The molecular weight excluding hydrogens is 324 g/mol. The molecule has 1 aromatic carbocycles. The van der Waals surface area contributed by atoms with Crippen LogP contribution >= 0.6 is 11.8 Å². The van der Waals surface area contributed by atoms with Crippen molar-refractivity contribution in [1.29, 1.82) is 0 Å². The van der Waals surface area contributed by atoms with Crippen LogP contribution in [0.4, 0.5) is 5.88 Å². The van der Waals surface area contributed by atoms with Crippen LogP contribution in [0.5, 0.6) is 0 Å². The van der Waals surface area contributed by atoms with Gasteiger partial charge in [0.25, 0.3) is 0 Å². The van der Waals surface area contributed by atoms with Crippen molar-refractivity contribution in [3.05, 3.63) is 53.7 Å². The van der Waals surface area contributed by atoms with Gasteiger partial charge in [0.1, 0.15) is 5.03 Å². The fourth-order valence-corrected chi connectivity index (χ4v) is 2.62. The Kier molecular flexibility index (Phi) is 4.90. The number of anilines is 1. The number of amides is 1. The van der Waals surface area contributed by atoms with Gasteiger partial charge in [-0.05, 0) is 26.0 Å². The molecule has 3 aromatic rings. The Bertz CT molecular complexity index is 829. The molecule has 0 atom stereocenters. The second-order valence-electron chi connectivity index (χ2n) is 5.29. The van der Waals surface area contributed by atoms with E-state index in [2.05, 4.69) is 20.7 Å². The smallest absolute Gasteiger partial charge is 0.237 e. The van der Waals surface area contributed by atoms with Crippen LogP contribution in [0.1, 0.15) is 11.3 Å². The van der Waals surface area contributed by atoms with E-state index in [-0.39, 0.29) is 11.7 Å². The summed E-state index contributed by atoms with van der Waals surface area (Å²) < 4.78 is 4.94. The molecule has 0 unspecified atom stereocenters. The summed E-state index contributed by atoms with van der Waals surface area (Å²) in [5.74, 6) is 0.387. The van der Waals surface area contributed by atoms with Crippen molar-refractivity contribution in [2.75, 3.05) is 11.1 Å². The molecule has 2 aromatic heterocycles. The Hall–Kier alpha value is -2.67. The van der Waals surface area contributed by atoms with Crippen LogP contribution in [-0.4, -0.2) is 27.0 Å². The molecule has 7 heteroatoms.